The Bertz CT molecular complexity index is 886. The van der Waals surface area contributed by atoms with Crippen molar-refractivity contribution in [1.82, 2.24) is 25.1 Å². The number of halogens is 1. The van der Waals surface area contributed by atoms with Crippen LogP contribution in [0, 0.1) is 5.82 Å². The standard InChI is InChI=1S/C18H18FN5OS/c1-13(17(25)23(2)12-14-7-4-3-5-8-14)26-18-20-21-22-24(18)16-10-6-9-15(19)11-16/h3-11,13H,12H2,1-2H3/t13-/m0/s1. The molecule has 1 amide bonds. The maximum absolute atomic E-state index is 13.4. The van der Waals surface area contributed by atoms with Crippen LogP contribution in [-0.4, -0.2) is 43.3 Å². The molecule has 1 atom stereocenters. The Morgan fingerprint density at radius 1 is 1.23 bits per heavy atom. The van der Waals surface area contributed by atoms with Gasteiger partial charge in [0.25, 0.3) is 0 Å². The molecule has 0 bridgehead atoms. The zero-order valence-electron chi connectivity index (χ0n) is 14.4. The van der Waals surface area contributed by atoms with Crippen LogP contribution in [0.25, 0.3) is 5.69 Å². The van der Waals surface area contributed by atoms with Gasteiger partial charge < -0.3 is 4.90 Å². The fraction of sp³-hybridized carbons (Fsp3) is 0.222. The monoisotopic (exact) mass is 371 g/mol. The Hall–Kier alpha value is -2.74. The van der Waals surface area contributed by atoms with Crippen molar-refractivity contribution in [2.45, 2.75) is 23.9 Å². The van der Waals surface area contributed by atoms with Crippen molar-refractivity contribution in [3.05, 3.63) is 66.0 Å². The summed E-state index contributed by atoms with van der Waals surface area (Å²) in [4.78, 5) is 14.3. The molecule has 134 valence electrons. The van der Waals surface area contributed by atoms with Gasteiger partial charge in [0.2, 0.25) is 11.1 Å². The van der Waals surface area contributed by atoms with Crippen LogP contribution in [0.4, 0.5) is 4.39 Å². The van der Waals surface area contributed by atoms with Gasteiger partial charge in [0.1, 0.15) is 5.82 Å². The maximum Gasteiger partial charge on any atom is 0.235 e. The van der Waals surface area contributed by atoms with Crippen LogP contribution < -0.4 is 0 Å². The van der Waals surface area contributed by atoms with Gasteiger partial charge in [-0.2, -0.15) is 4.68 Å². The molecule has 6 nitrogen and oxygen atoms in total. The average Bonchev–Trinajstić information content (AvgIpc) is 3.10. The van der Waals surface area contributed by atoms with E-state index < -0.39 is 0 Å². The van der Waals surface area contributed by atoms with E-state index in [0.29, 0.717) is 17.4 Å². The number of amides is 1. The van der Waals surface area contributed by atoms with E-state index in [2.05, 4.69) is 15.5 Å². The molecule has 0 saturated heterocycles. The van der Waals surface area contributed by atoms with E-state index in [1.165, 1.54) is 28.6 Å². The Labute approximate surface area is 155 Å². The van der Waals surface area contributed by atoms with Crippen LogP contribution in [-0.2, 0) is 11.3 Å². The van der Waals surface area contributed by atoms with E-state index in [4.69, 9.17) is 0 Å². The molecule has 0 unspecified atom stereocenters. The van der Waals surface area contributed by atoms with Crippen molar-refractivity contribution in [1.29, 1.82) is 0 Å². The van der Waals surface area contributed by atoms with E-state index in [1.54, 1.807) is 31.0 Å². The first-order valence-electron chi connectivity index (χ1n) is 8.04. The van der Waals surface area contributed by atoms with Crippen LogP contribution in [0.5, 0.6) is 0 Å². The first-order valence-corrected chi connectivity index (χ1v) is 8.92. The number of aromatic nitrogens is 4. The van der Waals surface area contributed by atoms with Gasteiger partial charge in [-0.3, -0.25) is 4.79 Å². The summed E-state index contributed by atoms with van der Waals surface area (Å²) in [7, 11) is 1.77. The Morgan fingerprint density at radius 2 is 2.00 bits per heavy atom. The highest BCUT2D eigenvalue weighted by Gasteiger charge is 2.22. The predicted molar refractivity (Wildman–Crippen MR) is 97.3 cm³/mol. The quantitative estimate of drug-likeness (QED) is 0.624. The lowest BCUT2D eigenvalue weighted by Gasteiger charge is -2.21. The van der Waals surface area contributed by atoms with Gasteiger partial charge in [-0.05, 0) is 41.1 Å². The molecule has 0 aliphatic carbocycles. The third-order valence-electron chi connectivity index (χ3n) is 3.76. The van der Waals surface area contributed by atoms with Crippen molar-refractivity contribution < 1.29 is 9.18 Å². The molecule has 0 aliphatic heterocycles. The van der Waals surface area contributed by atoms with Crippen molar-refractivity contribution in [3.8, 4) is 5.69 Å². The Balaban J connectivity index is 1.69. The number of carbonyl (C=O) groups excluding carboxylic acids is 1. The summed E-state index contributed by atoms with van der Waals surface area (Å²) in [6.07, 6.45) is 0. The third-order valence-corrected chi connectivity index (χ3v) is 4.78. The van der Waals surface area contributed by atoms with Crippen molar-refractivity contribution in [3.63, 3.8) is 0 Å². The topological polar surface area (TPSA) is 63.9 Å². The molecular weight excluding hydrogens is 353 g/mol. The summed E-state index contributed by atoms with van der Waals surface area (Å²) in [5.41, 5.74) is 1.57. The number of thioether (sulfide) groups is 1. The van der Waals surface area contributed by atoms with Gasteiger partial charge in [0.05, 0.1) is 10.9 Å². The largest absolute Gasteiger partial charge is 0.340 e. The molecule has 26 heavy (non-hydrogen) atoms. The number of nitrogens with zero attached hydrogens (tertiary/aromatic N) is 5. The molecule has 3 rings (SSSR count). The van der Waals surface area contributed by atoms with Crippen molar-refractivity contribution >= 4 is 17.7 Å². The molecule has 0 radical (unpaired) electrons. The fourth-order valence-electron chi connectivity index (χ4n) is 2.48. The van der Waals surface area contributed by atoms with Gasteiger partial charge in [-0.25, -0.2) is 4.39 Å². The van der Waals surface area contributed by atoms with E-state index in [9.17, 15) is 9.18 Å². The second kappa shape index (κ2) is 8.09. The number of hydrogen-bond donors (Lipinski definition) is 0. The molecule has 8 heteroatoms. The lowest BCUT2D eigenvalue weighted by molar-refractivity contribution is -0.129. The minimum absolute atomic E-state index is 0.0346. The molecule has 0 spiro atoms. The summed E-state index contributed by atoms with van der Waals surface area (Å²) in [6, 6.07) is 15.8. The first kappa shape index (κ1) is 18.1. The lowest BCUT2D eigenvalue weighted by Crippen LogP contribution is -2.32. The van der Waals surface area contributed by atoms with Crippen LogP contribution in [0.15, 0.2) is 59.8 Å². The van der Waals surface area contributed by atoms with Gasteiger partial charge in [0.15, 0.2) is 0 Å². The third kappa shape index (κ3) is 4.26. The van der Waals surface area contributed by atoms with Crippen LogP contribution in [0.3, 0.4) is 0 Å². The molecule has 1 heterocycles. The zero-order chi connectivity index (χ0) is 18.5. The van der Waals surface area contributed by atoms with Crippen LogP contribution in [0.1, 0.15) is 12.5 Å². The SMILES string of the molecule is C[C@H](Sc1nnnn1-c1cccc(F)c1)C(=O)N(C)Cc1ccccc1. The highest BCUT2D eigenvalue weighted by molar-refractivity contribution is 8.00. The highest BCUT2D eigenvalue weighted by Crippen LogP contribution is 2.24. The molecular formula is C18H18FN5OS. The molecule has 3 aromatic rings. The normalized spacial score (nSPS) is 12.0. The Morgan fingerprint density at radius 3 is 2.73 bits per heavy atom. The molecule has 0 fully saturated rings. The molecule has 0 saturated carbocycles. The maximum atomic E-state index is 13.4. The van der Waals surface area contributed by atoms with E-state index in [0.717, 1.165) is 5.56 Å². The minimum Gasteiger partial charge on any atom is -0.340 e. The van der Waals surface area contributed by atoms with Gasteiger partial charge >= 0.3 is 0 Å². The number of carbonyl (C=O) groups is 1. The average molecular weight is 371 g/mol. The second-order valence-corrected chi connectivity index (χ2v) is 7.10. The summed E-state index contributed by atoms with van der Waals surface area (Å²) in [5, 5.41) is 11.6. The van der Waals surface area contributed by atoms with Gasteiger partial charge in [-0.1, -0.05) is 48.2 Å². The second-order valence-electron chi connectivity index (χ2n) is 5.79. The summed E-state index contributed by atoms with van der Waals surface area (Å²) >= 11 is 1.24. The summed E-state index contributed by atoms with van der Waals surface area (Å²) in [5.74, 6) is -0.409. The fourth-order valence-corrected chi connectivity index (χ4v) is 3.40. The number of benzene rings is 2. The number of hydrogen-bond acceptors (Lipinski definition) is 5. The lowest BCUT2D eigenvalue weighted by atomic mass is 10.2. The summed E-state index contributed by atoms with van der Waals surface area (Å²) < 4.78 is 14.9. The molecule has 0 N–H and O–H groups in total. The minimum atomic E-state index is -0.387. The Kier molecular flexibility index (Phi) is 5.62. The number of tetrazole rings is 1. The molecule has 0 aliphatic rings. The molecule has 2 aromatic carbocycles. The van der Waals surface area contributed by atoms with Crippen LogP contribution >= 0.6 is 11.8 Å². The van der Waals surface area contributed by atoms with Gasteiger partial charge in [-0.15, -0.1) is 5.10 Å². The van der Waals surface area contributed by atoms with Crippen molar-refractivity contribution in [2.24, 2.45) is 0 Å². The van der Waals surface area contributed by atoms with E-state index in [-0.39, 0.29) is 17.0 Å². The van der Waals surface area contributed by atoms with Gasteiger partial charge in [0, 0.05) is 13.6 Å². The zero-order valence-corrected chi connectivity index (χ0v) is 15.2. The van der Waals surface area contributed by atoms with E-state index in [1.807, 2.05) is 30.3 Å². The smallest absolute Gasteiger partial charge is 0.235 e. The predicted octanol–water partition coefficient (Wildman–Crippen LogP) is 2.94. The van der Waals surface area contributed by atoms with Crippen LogP contribution in [0.2, 0.25) is 0 Å². The first-order chi connectivity index (χ1) is 12.5. The molecule has 1 aromatic heterocycles. The van der Waals surface area contributed by atoms with E-state index >= 15 is 0 Å². The highest BCUT2D eigenvalue weighted by atomic mass is 32.2. The number of rotatable bonds is 6. The summed E-state index contributed by atoms with van der Waals surface area (Å²) in [6.45, 7) is 2.33. The van der Waals surface area contributed by atoms with Crippen molar-refractivity contribution in [2.75, 3.05) is 7.05 Å².